The van der Waals surface area contributed by atoms with Crippen molar-refractivity contribution in [3.8, 4) is 0 Å². The van der Waals surface area contributed by atoms with E-state index in [4.69, 9.17) is 17.2 Å². The summed E-state index contributed by atoms with van der Waals surface area (Å²) in [4.78, 5) is 122. The fourth-order valence-corrected chi connectivity index (χ4v) is 11.6. The second-order valence-electron chi connectivity index (χ2n) is 19.2. The Kier molecular flexibility index (Phi) is 24.0. The molecule has 1 fully saturated rings. The number of pyridine rings is 1. The molecule has 78 heavy (non-hydrogen) atoms. The van der Waals surface area contributed by atoms with E-state index < -0.39 is 102 Å². The number of amides is 8. The Hall–Kier alpha value is -5.81. The van der Waals surface area contributed by atoms with Crippen LogP contribution in [0.25, 0.3) is 10.9 Å². The highest BCUT2D eigenvalue weighted by Gasteiger charge is 2.36. The summed E-state index contributed by atoms with van der Waals surface area (Å²) in [5.74, 6) is -6.78. The third kappa shape index (κ3) is 18.7. The Balaban J connectivity index is 1.38. The Morgan fingerprint density at radius 2 is 1.32 bits per heavy atom. The first-order chi connectivity index (χ1) is 37.4. The van der Waals surface area contributed by atoms with Crippen LogP contribution in [0.2, 0.25) is 0 Å². The number of benzene rings is 3. The number of fused-ring (bicyclic) bond motifs is 1. The zero-order chi connectivity index (χ0) is 56.3. The number of hydrogen-bond acceptors (Lipinski definition) is 13. The third-order valence-corrected chi connectivity index (χ3v) is 16.8. The molecule has 8 amide bonds. The number of nitrogens with zero attached hydrogens (tertiary/aromatic N) is 1. The summed E-state index contributed by atoms with van der Waals surface area (Å²) in [5.41, 5.74) is 21.7. The van der Waals surface area contributed by atoms with E-state index >= 15 is 0 Å². The number of primary amides is 1. The summed E-state index contributed by atoms with van der Waals surface area (Å²) in [6.45, 7) is 3.71. The van der Waals surface area contributed by atoms with Gasteiger partial charge < -0.3 is 59.4 Å². The Morgan fingerprint density at radius 1 is 0.705 bits per heavy atom. The highest BCUT2D eigenvalue weighted by Crippen LogP contribution is 2.25. The number of hydrogen-bond donors (Lipinski definition) is 11. The lowest BCUT2D eigenvalue weighted by Crippen LogP contribution is -2.61. The molecule has 8 atom stereocenters. The fourth-order valence-electron chi connectivity index (χ4n) is 8.52. The van der Waals surface area contributed by atoms with Crippen molar-refractivity contribution >= 4 is 125 Å². The maximum atomic E-state index is 14.8. The number of aromatic amines is 1. The van der Waals surface area contributed by atoms with Crippen molar-refractivity contribution in [3.63, 3.8) is 0 Å². The quantitative estimate of drug-likeness (QED) is 0.0342. The number of aromatic nitrogens is 2. The highest BCUT2D eigenvalue weighted by molar-refractivity contribution is 14.1. The monoisotopic (exact) mass is 1330 g/mol. The summed E-state index contributed by atoms with van der Waals surface area (Å²) < 4.78 is 1.94. The van der Waals surface area contributed by atoms with Crippen molar-refractivity contribution in [2.24, 2.45) is 23.1 Å². The van der Waals surface area contributed by atoms with Gasteiger partial charge in [-0.2, -0.15) is 0 Å². The largest absolute Gasteiger partial charge is 0.368 e. The number of carbonyl (C=O) groups is 8. The molecule has 1 aliphatic heterocycles. The van der Waals surface area contributed by atoms with Gasteiger partial charge in [-0.3, -0.25) is 43.3 Å². The molecule has 4 unspecified atom stereocenters. The maximum absolute atomic E-state index is 14.8. The van der Waals surface area contributed by atoms with Crippen molar-refractivity contribution in [1.29, 1.82) is 0 Å². The van der Waals surface area contributed by atoms with Crippen molar-refractivity contribution in [1.82, 2.24) is 47.2 Å². The van der Waals surface area contributed by atoms with Crippen LogP contribution in [-0.2, 0) is 64.0 Å². The van der Waals surface area contributed by atoms with Crippen molar-refractivity contribution in [2.75, 3.05) is 18.1 Å². The van der Waals surface area contributed by atoms with E-state index in [9.17, 15) is 38.4 Å². The zero-order valence-corrected chi connectivity index (χ0v) is 49.0. The number of unbranched alkanes of at least 4 members (excludes halogenated alkanes) is 1. The molecular weight excluding hydrogens is 1260 g/mol. The van der Waals surface area contributed by atoms with E-state index in [-0.39, 0.29) is 43.6 Å². The standard InChI is InChI=1S/C54H66I2N12O8S2/c1-30(2)46-54(76)67-45(52(74)63-41(47(59)69)23-32-14-18-36(56)19-15-32)29-78-77-28-44(66-48(70)38(58)22-31-12-16-35(55)17-13-31)53(75)64-42(24-33-8-7-21-60-26-33)50(72)65-43(25-34-27-61-39-10-4-3-9-37(34)39)51(73)62-40(49(71)68-46)11-5-6-20-57/h3-4,7-10,12-19,21,26-27,30,38,40-46,61H,5-6,11,20,22-25,28-29,57-58H2,1-2H3,(H2,59,69)(H,62,73)(H,63,74)(H,64,75)(H,65,72)(H,66,70)(H,67,76)(H,68,71)/t38-,40-,41-,42-,43?,44?,45?,46?/m0/s1. The van der Waals surface area contributed by atoms with E-state index in [1.54, 1.807) is 50.5 Å². The van der Waals surface area contributed by atoms with Gasteiger partial charge in [-0.15, -0.1) is 0 Å². The summed E-state index contributed by atoms with van der Waals surface area (Å²) >= 11 is 4.32. The van der Waals surface area contributed by atoms with Gasteiger partial charge in [-0.05, 0) is 142 Å². The van der Waals surface area contributed by atoms with Crippen LogP contribution in [0.5, 0.6) is 0 Å². The number of rotatable bonds is 18. The predicted octanol–water partition coefficient (Wildman–Crippen LogP) is 2.43. The topological polar surface area (TPSA) is 328 Å². The number of carbonyl (C=O) groups excluding carboxylic acids is 8. The lowest BCUT2D eigenvalue weighted by molar-refractivity contribution is -0.136. The highest BCUT2D eigenvalue weighted by atomic mass is 127. The van der Waals surface area contributed by atoms with Crippen LogP contribution < -0.4 is 54.4 Å². The van der Waals surface area contributed by atoms with E-state index in [2.05, 4.69) is 92.4 Å². The first-order valence-electron chi connectivity index (χ1n) is 25.4. The van der Waals surface area contributed by atoms with Crippen LogP contribution in [0, 0.1) is 13.1 Å². The van der Waals surface area contributed by atoms with Gasteiger partial charge in [0.05, 0.1) is 6.04 Å². The average molecular weight is 1330 g/mol. The minimum Gasteiger partial charge on any atom is -0.368 e. The molecule has 0 saturated carbocycles. The van der Waals surface area contributed by atoms with Crippen LogP contribution >= 0.6 is 66.8 Å². The molecule has 24 heteroatoms. The number of nitrogens with two attached hydrogens (primary N) is 3. The Morgan fingerprint density at radius 3 is 1.96 bits per heavy atom. The normalized spacial score (nSPS) is 21.0. The molecule has 1 aliphatic rings. The summed E-state index contributed by atoms with van der Waals surface area (Å²) in [7, 11) is 2.16. The van der Waals surface area contributed by atoms with Crippen LogP contribution in [0.1, 0.15) is 55.4 Å². The van der Waals surface area contributed by atoms with Crippen LogP contribution in [0.4, 0.5) is 0 Å². The fraction of sp³-hybridized carbons (Fsp3) is 0.389. The minimum atomic E-state index is -1.35. The summed E-state index contributed by atoms with van der Waals surface area (Å²) in [6, 6.07) is 15.5. The van der Waals surface area contributed by atoms with Gasteiger partial charge in [0, 0.05) is 67.4 Å². The first-order valence-corrected chi connectivity index (χ1v) is 30.1. The molecule has 416 valence electrons. The Bertz CT molecular complexity index is 2870. The molecule has 0 radical (unpaired) electrons. The second kappa shape index (κ2) is 30.5. The molecule has 3 aromatic carbocycles. The predicted molar refractivity (Wildman–Crippen MR) is 319 cm³/mol. The molecule has 5 aromatic rings. The maximum Gasteiger partial charge on any atom is 0.244 e. The number of para-hydroxylation sites is 1. The molecule has 1 saturated heterocycles. The molecule has 14 N–H and O–H groups in total. The summed E-state index contributed by atoms with van der Waals surface area (Å²) in [6.07, 6.45) is 5.87. The van der Waals surface area contributed by atoms with Gasteiger partial charge in [0.2, 0.25) is 47.3 Å². The molecule has 0 spiro atoms. The summed E-state index contributed by atoms with van der Waals surface area (Å²) in [5, 5.41) is 20.4. The zero-order valence-electron chi connectivity index (χ0n) is 43.1. The Labute approximate surface area is 488 Å². The van der Waals surface area contributed by atoms with E-state index in [1.807, 2.05) is 60.7 Å². The van der Waals surface area contributed by atoms with Gasteiger partial charge in [0.15, 0.2) is 0 Å². The van der Waals surface area contributed by atoms with Gasteiger partial charge in [-0.1, -0.05) is 84.0 Å². The van der Waals surface area contributed by atoms with Crippen LogP contribution in [0.3, 0.4) is 0 Å². The first kappa shape index (κ1) is 61.4. The van der Waals surface area contributed by atoms with Crippen LogP contribution in [-0.4, -0.2) is 124 Å². The number of nitrogens with one attached hydrogen (secondary N) is 8. The van der Waals surface area contributed by atoms with Gasteiger partial charge in [0.25, 0.3) is 0 Å². The molecule has 3 heterocycles. The second-order valence-corrected chi connectivity index (χ2v) is 24.3. The van der Waals surface area contributed by atoms with Gasteiger partial charge >= 0.3 is 0 Å². The number of halogens is 2. The van der Waals surface area contributed by atoms with Crippen LogP contribution in [0.15, 0.2) is 104 Å². The molecule has 0 aliphatic carbocycles. The van der Waals surface area contributed by atoms with Crippen molar-refractivity contribution < 1.29 is 38.4 Å². The van der Waals surface area contributed by atoms with E-state index in [0.29, 0.717) is 30.5 Å². The van der Waals surface area contributed by atoms with Crippen molar-refractivity contribution in [3.05, 3.63) is 133 Å². The third-order valence-electron chi connectivity index (χ3n) is 12.9. The lowest BCUT2D eigenvalue weighted by Gasteiger charge is -2.29. The molecule has 20 nitrogen and oxygen atoms in total. The minimum absolute atomic E-state index is 0.0487. The SMILES string of the molecule is CC(C)C1NC(=O)[C@H](CCCCN)NC(=O)C(Cc2c[nH]c3ccccc23)NC(=O)[C@H](Cc2cccnc2)NC(=O)C(NC(=O)[C@@H](N)Cc2ccc(I)cc2)CSSCC(C(=O)N[C@@H](Cc2ccc(I)cc2)C(N)=O)NC1=O. The van der Waals surface area contributed by atoms with E-state index in [1.165, 1.54) is 6.20 Å². The average Bonchev–Trinajstić information content (AvgIpc) is 3.88. The molecular formula is C54H66I2N12O8S2. The van der Waals surface area contributed by atoms with Gasteiger partial charge in [0.1, 0.15) is 42.3 Å². The smallest absolute Gasteiger partial charge is 0.244 e. The molecule has 6 rings (SSSR count). The molecule has 2 aromatic heterocycles. The lowest BCUT2D eigenvalue weighted by atomic mass is 10.00. The van der Waals surface area contributed by atoms with E-state index in [0.717, 1.165) is 50.8 Å². The van der Waals surface area contributed by atoms with Crippen molar-refractivity contribution in [2.45, 2.75) is 107 Å². The number of H-pyrrole nitrogens is 1. The van der Waals surface area contributed by atoms with Gasteiger partial charge in [-0.25, -0.2) is 0 Å². The molecule has 0 bridgehead atoms.